The Morgan fingerprint density at radius 3 is 2.75 bits per heavy atom. The number of unbranched alkanes of at least 4 members (excludes halogenated alkanes) is 2. The van der Waals surface area contributed by atoms with Crippen LogP contribution in [0.4, 0.5) is 0 Å². The fourth-order valence-electron chi connectivity index (χ4n) is 2.07. The van der Waals surface area contributed by atoms with E-state index >= 15 is 0 Å². The number of carbonyl (C=O) groups excluding carboxylic acids is 1. The Morgan fingerprint density at radius 2 is 2.12 bits per heavy atom. The number of hydrogen-bond donors (Lipinski definition) is 0. The summed E-state index contributed by atoms with van der Waals surface area (Å²) in [6, 6.07) is 3.81. The van der Waals surface area contributed by atoms with Crippen LogP contribution in [0, 0.1) is 5.41 Å². The van der Waals surface area contributed by atoms with E-state index in [1.807, 2.05) is 18.3 Å². The second-order valence-electron chi connectivity index (χ2n) is 5.30. The molecule has 2 heteroatoms. The van der Waals surface area contributed by atoms with Crippen molar-refractivity contribution in [2.75, 3.05) is 0 Å². The van der Waals surface area contributed by atoms with E-state index in [4.69, 9.17) is 0 Å². The van der Waals surface area contributed by atoms with E-state index in [9.17, 15) is 4.79 Å². The highest BCUT2D eigenvalue weighted by Gasteiger charge is 2.18. The summed E-state index contributed by atoms with van der Waals surface area (Å²) < 4.78 is 2.05. The summed E-state index contributed by atoms with van der Waals surface area (Å²) in [5, 5.41) is 0. The second kappa shape index (κ2) is 5.88. The van der Waals surface area contributed by atoms with E-state index in [-0.39, 0.29) is 5.41 Å². The van der Waals surface area contributed by atoms with Gasteiger partial charge in [0.15, 0.2) is 6.29 Å². The molecule has 0 aliphatic rings. The molecule has 0 radical (unpaired) electrons. The lowest BCUT2D eigenvalue weighted by molar-refractivity contribution is 0.111. The van der Waals surface area contributed by atoms with Gasteiger partial charge in [-0.3, -0.25) is 4.79 Å². The third-order valence-electron chi connectivity index (χ3n) is 3.04. The lowest BCUT2D eigenvalue weighted by Crippen LogP contribution is -2.20. The molecule has 0 amide bonds. The first-order valence-electron chi connectivity index (χ1n) is 6.19. The van der Waals surface area contributed by atoms with Gasteiger partial charge in [0, 0.05) is 12.7 Å². The molecule has 0 aliphatic heterocycles. The number of aldehydes is 1. The molecule has 0 unspecified atom stereocenters. The molecule has 1 aromatic heterocycles. The minimum atomic E-state index is 0.270. The average molecular weight is 221 g/mol. The molecule has 0 saturated carbocycles. The molecule has 90 valence electrons. The molecular formula is C14H23NO. The van der Waals surface area contributed by atoms with Crippen LogP contribution in [0.5, 0.6) is 0 Å². The maximum absolute atomic E-state index is 10.8. The highest BCUT2D eigenvalue weighted by molar-refractivity contribution is 5.72. The van der Waals surface area contributed by atoms with Crippen molar-refractivity contribution >= 4 is 6.29 Å². The normalized spacial score (nSPS) is 11.7. The van der Waals surface area contributed by atoms with Gasteiger partial charge in [-0.25, -0.2) is 0 Å². The van der Waals surface area contributed by atoms with Crippen molar-refractivity contribution in [1.82, 2.24) is 4.57 Å². The molecule has 0 fully saturated rings. The first kappa shape index (κ1) is 13.0. The Bertz CT molecular complexity index is 325. The van der Waals surface area contributed by atoms with Gasteiger partial charge in [-0.15, -0.1) is 0 Å². The largest absolute Gasteiger partial charge is 0.345 e. The van der Waals surface area contributed by atoms with Crippen LogP contribution >= 0.6 is 0 Å². The fourth-order valence-corrected chi connectivity index (χ4v) is 2.07. The molecule has 0 bridgehead atoms. The Kier molecular flexibility index (Phi) is 4.78. The van der Waals surface area contributed by atoms with Crippen LogP contribution in [0.2, 0.25) is 0 Å². The molecule has 1 rings (SSSR count). The van der Waals surface area contributed by atoms with Gasteiger partial charge in [-0.2, -0.15) is 0 Å². The summed E-state index contributed by atoms with van der Waals surface area (Å²) in [7, 11) is 0. The van der Waals surface area contributed by atoms with Crippen LogP contribution in [0.25, 0.3) is 0 Å². The maximum Gasteiger partial charge on any atom is 0.166 e. The van der Waals surface area contributed by atoms with Gasteiger partial charge < -0.3 is 4.57 Å². The van der Waals surface area contributed by atoms with Crippen molar-refractivity contribution in [1.29, 1.82) is 0 Å². The highest BCUT2D eigenvalue weighted by Crippen LogP contribution is 2.26. The number of hydrogen-bond acceptors (Lipinski definition) is 1. The molecule has 0 N–H and O–H groups in total. The van der Waals surface area contributed by atoms with E-state index in [0.29, 0.717) is 0 Å². The Balaban J connectivity index is 2.54. The summed E-state index contributed by atoms with van der Waals surface area (Å²) in [5.74, 6) is 0. The SMILES string of the molecule is CCCCCC(C)(C)Cn1cccc1C=O. The number of nitrogens with zero attached hydrogens (tertiary/aromatic N) is 1. The minimum Gasteiger partial charge on any atom is -0.345 e. The second-order valence-corrected chi connectivity index (χ2v) is 5.30. The van der Waals surface area contributed by atoms with Gasteiger partial charge in [-0.05, 0) is 24.0 Å². The lowest BCUT2D eigenvalue weighted by Gasteiger charge is -2.25. The molecule has 0 spiro atoms. The van der Waals surface area contributed by atoms with Crippen molar-refractivity contribution in [3.8, 4) is 0 Å². The van der Waals surface area contributed by atoms with E-state index in [2.05, 4.69) is 25.3 Å². The van der Waals surface area contributed by atoms with E-state index in [1.54, 1.807) is 0 Å². The van der Waals surface area contributed by atoms with Crippen LogP contribution in [-0.2, 0) is 6.54 Å². The van der Waals surface area contributed by atoms with E-state index < -0.39 is 0 Å². The van der Waals surface area contributed by atoms with Crippen LogP contribution in [0.1, 0.15) is 56.9 Å². The molecule has 0 aliphatic carbocycles. The van der Waals surface area contributed by atoms with Gasteiger partial charge in [0.25, 0.3) is 0 Å². The molecule has 0 atom stereocenters. The molecule has 2 nitrogen and oxygen atoms in total. The van der Waals surface area contributed by atoms with Crippen LogP contribution < -0.4 is 0 Å². The zero-order chi connectivity index (χ0) is 12.0. The van der Waals surface area contributed by atoms with E-state index in [0.717, 1.165) is 18.5 Å². The molecule has 1 aromatic rings. The van der Waals surface area contributed by atoms with Crippen LogP contribution in [0.15, 0.2) is 18.3 Å². The lowest BCUT2D eigenvalue weighted by atomic mass is 9.87. The van der Waals surface area contributed by atoms with Crippen LogP contribution in [-0.4, -0.2) is 10.9 Å². The number of carbonyl (C=O) groups is 1. The Morgan fingerprint density at radius 1 is 1.38 bits per heavy atom. The van der Waals surface area contributed by atoms with Crippen molar-refractivity contribution in [3.05, 3.63) is 24.0 Å². The van der Waals surface area contributed by atoms with Gasteiger partial charge in [0.05, 0.1) is 5.69 Å². The zero-order valence-corrected chi connectivity index (χ0v) is 10.7. The molecule has 0 saturated heterocycles. The fraction of sp³-hybridized carbons (Fsp3) is 0.643. The Labute approximate surface area is 98.7 Å². The molecule has 16 heavy (non-hydrogen) atoms. The summed E-state index contributed by atoms with van der Waals surface area (Å²) in [6.07, 6.45) is 7.99. The van der Waals surface area contributed by atoms with Crippen molar-refractivity contribution in [3.63, 3.8) is 0 Å². The summed E-state index contributed by atoms with van der Waals surface area (Å²) in [6.45, 7) is 7.70. The average Bonchev–Trinajstić information content (AvgIpc) is 2.64. The smallest absolute Gasteiger partial charge is 0.166 e. The van der Waals surface area contributed by atoms with Gasteiger partial charge in [0.1, 0.15) is 0 Å². The standard InChI is InChI=1S/C14H23NO/c1-4-5-6-9-14(2,3)12-15-10-7-8-13(15)11-16/h7-8,10-11H,4-6,9,12H2,1-3H3. The third-order valence-corrected chi connectivity index (χ3v) is 3.04. The summed E-state index contributed by atoms with van der Waals surface area (Å²) in [4.78, 5) is 10.8. The van der Waals surface area contributed by atoms with Gasteiger partial charge in [0.2, 0.25) is 0 Å². The zero-order valence-electron chi connectivity index (χ0n) is 10.7. The predicted octanol–water partition coefficient (Wildman–Crippen LogP) is 3.91. The molecule has 0 aromatic carbocycles. The summed E-state index contributed by atoms with van der Waals surface area (Å²) >= 11 is 0. The number of aromatic nitrogens is 1. The topological polar surface area (TPSA) is 22.0 Å². The first-order chi connectivity index (χ1) is 7.59. The van der Waals surface area contributed by atoms with Crippen molar-refractivity contribution in [2.45, 2.75) is 53.0 Å². The number of rotatable bonds is 7. The first-order valence-corrected chi connectivity index (χ1v) is 6.19. The monoisotopic (exact) mass is 221 g/mol. The highest BCUT2D eigenvalue weighted by atomic mass is 16.1. The minimum absolute atomic E-state index is 0.270. The van der Waals surface area contributed by atoms with Crippen LogP contribution in [0.3, 0.4) is 0 Å². The predicted molar refractivity (Wildman–Crippen MR) is 67.7 cm³/mol. The van der Waals surface area contributed by atoms with Crippen molar-refractivity contribution < 1.29 is 4.79 Å². The maximum atomic E-state index is 10.8. The molecular weight excluding hydrogens is 198 g/mol. The third kappa shape index (κ3) is 3.84. The van der Waals surface area contributed by atoms with Gasteiger partial charge in [-0.1, -0.05) is 40.0 Å². The quantitative estimate of drug-likeness (QED) is 0.505. The van der Waals surface area contributed by atoms with Gasteiger partial charge >= 0.3 is 0 Å². The van der Waals surface area contributed by atoms with E-state index in [1.165, 1.54) is 25.7 Å². The Hall–Kier alpha value is -1.05. The molecule has 1 heterocycles. The van der Waals surface area contributed by atoms with Crippen molar-refractivity contribution in [2.24, 2.45) is 5.41 Å². The summed E-state index contributed by atoms with van der Waals surface area (Å²) in [5.41, 5.74) is 1.05.